The molecule has 0 saturated carbocycles. The molecule has 8 heteroatoms. The van der Waals surface area contributed by atoms with Gasteiger partial charge in [0, 0.05) is 31.5 Å². The molecule has 8 nitrogen and oxygen atoms in total. The van der Waals surface area contributed by atoms with E-state index in [9.17, 15) is 4.79 Å². The zero-order valence-corrected chi connectivity index (χ0v) is 15.5. The fourth-order valence-corrected chi connectivity index (χ4v) is 3.08. The molecule has 0 unspecified atom stereocenters. The molecule has 0 radical (unpaired) electrons. The number of hydrogen-bond donors (Lipinski definition) is 0. The smallest absolute Gasteiger partial charge is 0.259 e. The molecule has 0 saturated heterocycles. The number of nitrogens with zero attached hydrogens (tertiary/aromatic N) is 6. The molecule has 0 atom stereocenters. The highest BCUT2D eigenvalue weighted by Gasteiger charge is 2.22. The number of fused-ring (bicyclic) bond motifs is 1. The summed E-state index contributed by atoms with van der Waals surface area (Å²) in [6, 6.07) is 7.89. The number of imidazole rings is 1. The Kier molecular flexibility index (Phi) is 4.23. The standard InChI is InChI=1S/C19H20N6O2/c1-4-24(19(26)15-11-20-25-9-8-23(3)18(15)25)12-16-21-17(22-27-16)14-7-5-6-13(2)10-14/h5-11H,4,12H2,1-3H3. The van der Waals surface area contributed by atoms with Gasteiger partial charge in [0.05, 0.1) is 6.20 Å². The van der Waals surface area contributed by atoms with E-state index in [1.54, 1.807) is 15.6 Å². The molecule has 0 aliphatic heterocycles. The van der Waals surface area contributed by atoms with E-state index in [1.165, 1.54) is 0 Å². The summed E-state index contributed by atoms with van der Waals surface area (Å²) in [6.07, 6.45) is 5.27. The lowest BCUT2D eigenvalue weighted by Gasteiger charge is -2.18. The van der Waals surface area contributed by atoms with E-state index in [1.807, 2.05) is 62.1 Å². The lowest BCUT2D eigenvalue weighted by atomic mass is 10.1. The Balaban J connectivity index is 1.57. The molecule has 138 valence electrons. The topological polar surface area (TPSA) is 81.5 Å². The van der Waals surface area contributed by atoms with Crippen LogP contribution >= 0.6 is 0 Å². The molecule has 4 rings (SSSR count). The van der Waals surface area contributed by atoms with Crippen molar-refractivity contribution < 1.29 is 9.32 Å². The summed E-state index contributed by atoms with van der Waals surface area (Å²) in [5.74, 6) is 0.800. The SMILES string of the molecule is CCN(Cc1nc(-c2cccc(C)c2)no1)C(=O)c1cnn2ccn(C)c12. The normalized spacial score (nSPS) is 11.2. The zero-order chi connectivity index (χ0) is 19.0. The molecular weight excluding hydrogens is 344 g/mol. The fraction of sp³-hybridized carbons (Fsp3) is 0.263. The zero-order valence-electron chi connectivity index (χ0n) is 15.5. The molecule has 0 aliphatic rings. The predicted molar refractivity (Wildman–Crippen MR) is 99.0 cm³/mol. The van der Waals surface area contributed by atoms with Gasteiger partial charge < -0.3 is 14.0 Å². The van der Waals surface area contributed by atoms with Crippen molar-refractivity contribution in [2.24, 2.45) is 7.05 Å². The minimum atomic E-state index is -0.121. The first-order chi connectivity index (χ1) is 13.1. The quantitative estimate of drug-likeness (QED) is 0.544. The Labute approximate surface area is 156 Å². The van der Waals surface area contributed by atoms with Gasteiger partial charge in [-0.2, -0.15) is 10.1 Å². The number of hydrogen-bond acceptors (Lipinski definition) is 5. The van der Waals surface area contributed by atoms with Crippen LogP contribution in [0.4, 0.5) is 0 Å². The van der Waals surface area contributed by atoms with Gasteiger partial charge in [0.25, 0.3) is 5.91 Å². The summed E-state index contributed by atoms with van der Waals surface area (Å²) in [7, 11) is 1.89. The van der Waals surface area contributed by atoms with Gasteiger partial charge in [-0.25, -0.2) is 4.52 Å². The van der Waals surface area contributed by atoms with Crippen LogP contribution in [0.3, 0.4) is 0 Å². The Bertz CT molecular complexity index is 1110. The van der Waals surface area contributed by atoms with Crippen molar-refractivity contribution in [1.29, 1.82) is 0 Å². The molecule has 0 spiro atoms. The second-order valence-corrected chi connectivity index (χ2v) is 6.44. The van der Waals surface area contributed by atoms with Gasteiger partial charge in [0.15, 0.2) is 0 Å². The minimum Gasteiger partial charge on any atom is -0.337 e. The van der Waals surface area contributed by atoms with Crippen LogP contribution < -0.4 is 0 Å². The molecular formula is C19H20N6O2. The summed E-state index contributed by atoms with van der Waals surface area (Å²) >= 11 is 0. The van der Waals surface area contributed by atoms with E-state index in [-0.39, 0.29) is 12.5 Å². The molecule has 27 heavy (non-hydrogen) atoms. The maximum Gasteiger partial charge on any atom is 0.259 e. The molecule has 1 amide bonds. The number of carbonyl (C=O) groups excluding carboxylic acids is 1. The average Bonchev–Trinajstić information content (AvgIpc) is 3.37. The molecule has 0 aliphatic carbocycles. The first-order valence-corrected chi connectivity index (χ1v) is 8.74. The van der Waals surface area contributed by atoms with Gasteiger partial charge >= 0.3 is 0 Å². The highest BCUT2D eigenvalue weighted by molar-refractivity contribution is 5.99. The van der Waals surface area contributed by atoms with Gasteiger partial charge in [-0.05, 0) is 19.9 Å². The van der Waals surface area contributed by atoms with Crippen molar-refractivity contribution in [1.82, 2.24) is 29.2 Å². The highest BCUT2D eigenvalue weighted by Crippen LogP contribution is 2.19. The lowest BCUT2D eigenvalue weighted by molar-refractivity contribution is 0.0736. The van der Waals surface area contributed by atoms with Crippen molar-refractivity contribution >= 4 is 11.6 Å². The largest absolute Gasteiger partial charge is 0.337 e. The third-order valence-electron chi connectivity index (χ3n) is 4.50. The second kappa shape index (κ2) is 6.71. The molecule has 3 heterocycles. The summed E-state index contributed by atoms with van der Waals surface area (Å²) in [4.78, 5) is 19.1. The van der Waals surface area contributed by atoms with E-state index in [4.69, 9.17) is 4.52 Å². The molecule has 0 N–H and O–H groups in total. The molecule has 3 aromatic heterocycles. The Morgan fingerprint density at radius 3 is 2.93 bits per heavy atom. The van der Waals surface area contributed by atoms with Crippen molar-refractivity contribution in [3.05, 3.63) is 59.9 Å². The van der Waals surface area contributed by atoms with Crippen molar-refractivity contribution in [3.63, 3.8) is 0 Å². The van der Waals surface area contributed by atoms with E-state index in [0.29, 0.717) is 23.8 Å². The molecule has 4 aromatic rings. The van der Waals surface area contributed by atoms with Crippen LogP contribution in [0.2, 0.25) is 0 Å². The van der Waals surface area contributed by atoms with Gasteiger partial charge in [0.2, 0.25) is 11.7 Å². The maximum absolute atomic E-state index is 13.0. The number of carbonyl (C=O) groups is 1. The second-order valence-electron chi connectivity index (χ2n) is 6.44. The number of aryl methyl sites for hydroxylation is 2. The van der Waals surface area contributed by atoms with E-state index in [2.05, 4.69) is 15.2 Å². The number of benzene rings is 1. The fourth-order valence-electron chi connectivity index (χ4n) is 3.08. The molecule has 1 aromatic carbocycles. The Morgan fingerprint density at radius 2 is 2.15 bits per heavy atom. The van der Waals surface area contributed by atoms with Crippen LogP contribution in [0.25, 0.3) is 17.0 Å². The van der Waals surface area contributed by atoms with Crippen molar-refractivity contribution in [2.45, 2.75) is 20.4 Å². The van der Waals surface area contributed by atoms with Crippen LogP contribution in [0.5, 0.6) is 0 Å². The highest BCUT2D eigenvalue weighted by atomic mass is 16.5. The number of aromatic nitrogens is 5. The van der Waals surface area contributed by atoms with Crippen LogP contribution in [-0.2, 0) is 13.6 Å². The van der Waals surface area contributed by atoms with Gasteiger partial charge in [-0.3, -0.25) is 4.79 Å². The van der Waals surface area contributed by atoms with E-state index >= 15 is 0 Å². The van der Waals surface area contributed by atoms with Gasteiger partial charge in [-0.1, -0.05) is 28.9 Å². The van der Waals surface area contributed by atoms with Crippen molar-refractivity contribution in [3.8, 4) is 11.4 Å². The lowest BCUT2D eigenvalue weighted by Crippen LogP contribution is -2.30. The maximum atomic E-state index is 13.0. The predicted octanol–water partition coefficient (Wildman–Crippen LogP) is 2.69. The summed E-state index contributed by atoms with van der Waals surface area (Å²) in [5.41, 5.74) is 3.31. The molecule has 0 bridgehead atoms. The third kappa shape index (κ3) is 3.10. The summed E-state index contributed by atoms with van der Waals surface area (Å²) in [5, 5.41) is 8.28. The van der Waals surface area contributed by atoms with Crippen molar-refractivity contribution in [2.75, 3.05) is 6.54 Å². The minimum absolute atomic E-state index is 0.121. The van der Waals surface area contributed by atoms with Gasteiger partial charge in [0.1, 0.15) is 17.8 Å². The average molecular weight is 364 g/mol. The van der Waals surface area contributed by atoms with E-state index < -0.39 is 0 Å². The van der Waals surface area contributed by atoms with Crippen LogP contribution in [0, 0.1) is 6.92 Å². The first kappa shape index (κ1) is 17.0. The first-order valence-electron chi connectivity index (χ1n) is 8.74. The summed E-state index contributed by atoms with van der Waals surface area (Å²) < 4.78 is 8.93. The number of amides is 1. The Morgan fingerprint density at radius 1 is 1.30 bits per heavy atom. The van der Waals surface area contributed by atoms with E-state index in [0.717, 1.165) is 16.8 Å². The van der Waals surface area contributed by atoms with Crippen LogP contribution in [0.1, 0.15) is 28.7 Å². The number of rotatable bonds is 5. The van der Waals surface area contributed by atoms with Crippen LogP contribution in [0.15, 0.2) is 47.4 Å². The third-order valence-corrected chi connectivity index (χ3v) is 4.50. The van der Waals surface area contributed by atoms with Gasteiger partial charge in [-0.15, -0.1) is 0 Å². The summed E-state index contributed by atoms with van der Waals surface area (Å²) in [6.45, 7) is 4.69. The molecule has 0 fully saturated rings. The van der Waals surface area contributed by atoms with Crippen LogP contribution in [-0.4, -0.2) is 41.7 Å². The Hall–Kier alpha value is -3.42. The monoisotopic (exact) mass is 364 g/mol.